The lowest BCUT2D eigenvalue weighted by molar-refractivity contribution is 0.0583. The molecule has 6 heteroatoms. The molecule has 0 radical (unpaired) electrons. The molecule has 1 amide bonds. The van der Waals surface area contributed by atoms with Gasteiger partial charge in [-0.25, -0.2) is 4.98 Å². The lowest BCUT2D eigenvalue weighted by Crippen LogP contribution is -2.41. The van der Waals surface area contributed by atoms with Gasteiger partial charge in [0.05, 0.1) is 23.8 Å². The molecular formula is C18H19N5O. The number of amides is 1. The van der Waals surface area contributed by atoms with E-state index < -0.39 is 0 Å². The Morgan fingerprint density at radius 1 is 1.25 bits per heavy atom. The van der Waals surface area contributed by atoms with Gasteiger partial charge in [-0.1, -0.05) is 30.3 Å². The molecule has 122 valence electrons. The number of aryl methyl sites for hydroxylation is 2. The number of imidazole rings is 1. The van der Waals surface area contributed by atoms with Gasteiger partial charge in [0.2, 0.25) is 0 Å². The molecule has 1 aromatic carbocycles. The van der Waals surface area contributed by atoms with Crippen LogP contribution in [0.15, 0.2) is 48.9 Å². The van der Waals surface area contributed by atoms with Gasteiger partial charge in [0, 0.05) is 32.2 Å². The number of fused-ring (bicyclic) bond motifs is 1. The number of benzene rings is 1. The lowest BCUT2D eigenvalue weighted by Gasteiger charge is -2.36. The van der Waals surface area contributed by atoms with Crippen LogP contribution in [0, 0.1) is 6.92 Å². The van der Waals surface area contributed by atoms with Crippen LogP contribution >= 0.6 is 0 Å². The van der Waals surface area contributed by atoms with E-state index in [1.165, 1.54) is 0 Å². The van der Waals surface area contributed by atoms with Crippen LogP contribution in [0.5, 0.6) is 0 Å². The van der Waals surface area contributed by atoms with Crippen molar-refractivity contribution in [3.05, 3.63) is 71.6 Å². The predicted octanol–water partition coefficient (Wildman–Crippen LogP) is 2.32. The molecule has 0 unspecified atom stereocenters. The topological polar surface area (TPSA) is 56.0 Å². The van der Waals surface area contributed by atoms with Crippen LogP contribution in [0.25, 0.3) is 0 Å². The first-order valence-electron chi connectivity index (χ1n) is 7.99. The van der Waals surface area contributed by atoms with Crippen molar-refractivity contribution in [2.45, 2.75) is 26.1 Å². The molecule has 0 N–H and O–H groups in total. The van der Waals surface area contributed by atoms with Crippen LogP contribution in [0.3, 0.4) is 0 Å². The average molecular weight is 321 g/mol. The van der Waals surface area contributed by atoms with Gasteiger partial charge >= 0.3 is 0 Å². The normalized spacial score (nSPS) is 16.9. The standard InChI is InChI=1S/C18H19N5O/c1-13-15(10-21(2)20-13)18(24)23-12-17-19-8-9-22(17)11-16(23)14-6-4-3-5-7-14/h3-10,16H,11-12H2,1-2H3/t16-/m1/s1. The second-order valence-corrected chi connectivity index (χ2v) is 6.16. The summed E-state index contributed by atoms with van der Waals surface area (Å²) in [6.45, 7) is 3.08. The summed E-state index contributed by atoms with van der Waals surface area (Å²) in [7, 11) is 1.83. The van der Waals surface area contributed by atoms with E-state index in [0.717, 1.165) is 17.1 Å². The molecule has 24 heavy (non-hydrogen) atoms. The third-order valence-corrected chi connectivity index (χ3v) is 4.55. The maximum Gasteiger partial charge on any atom is 0.258 e. The number of hydrogen-bond acceptors (Lipinski definition) is 3. The number of carbonyl (C=O) groups excluding carboxylic acids is 1. The van der Waals surface area contributed by atoms with Gasteiger partial charge in [0.25, 0.3) is 5.91 Å². The summed E-state index contributed by atoms with van der Waals surface area (Å²) in [5, 5.41) is 4.31. The number of rotatable bonds is 2. The maximum atomic E-state index is 13.2. The zero-order chi connectivity index (χ0) is 16.7. The highest BCUT2D eigenvalue weighted by Crippen LogP contribution is 2.30. The van der Waals surface area contributed by atoms with E-state index in [0.29, 0.717) is 18.7 Å². The largest absolute Gasteiger partial charge is 0.331 e. The third-order valence-electron chi connectivity index (χ3n) is 4.55. The second-order valence-electron chi connectivity index (χ2n) is 6.16. The molecule has 0 saturated heterocycles. The van der Waals surface area contributed by atoms with E-state index in [-0.39, 0.29) is 11.9 Å². The van der Waals surface area contributed by atoms with Crippen molar-refractivity contribution in [1.29, 1.82) is 0 Å². The summed E-state index contributed by atoms with van der Waals surface area (Å²) in [5.74, 6) is 0.917. The smallest absolute Gasteiger partial charge is 0.258 e. The first-order valence-corrected chi connectivity index (χ1v) is 7.99. The fraction of sp³-hybridized carbons (Fsp3) is 0.278. The van der Waals surface area contributed by atoms with Crippen LogP contribution in [0.1, 0.15) is 33.5 Å². The summed E-state index contributed by atoms with van der Waals surface area (Å²) in [6, 6.07) is 10.1. The number of carbonyl (C=O) groups is 1. The van der Waals surface area contributed by atoms with Gasteiger partial charge in [-0.15, -0.1) is 0 Å². The van der Waals surface area contributed by atoms with E-state index in [9.17, 15) is 4.79 Å². The highest BCUT2D eigenvalue weighted by molar-refractivity contribution is 5.95. The Labute approximate surface area is 140 Å². The summed E-state index contributed by atoms with van der Waals surface area (Å²) in [6.07, 6.45) is 5.56. The second kappa shape index (κ2) is 5.63. The van der Waals surface area contributed by atoms with Gasteiger partial charge in [-0.2, -0.15) is 5.10 Å². The SMILES string of the molecule is Cc1nn(C)cc1C(=O)N1Cc2nccn2C[C@@H]1c1ccccc1. The summed E-state index contributed by atoms with van der Waals surface area (Å²) < 4.78 is 3.81. The molecule has 6 nitrogen and oxygen atoms in total. The van der Waals surface area contributed by atoms with E-state index in [1.54, 1.807) is 17.1 Å². The lowest BCUT2D eigenvalue weighted by atomic mass is 10.0. The maximum absolute atomic E-state index is 13.2. The van der Waals surface area contributed by atoms with Crippen molar-refractivity contribution in [3.8, 4) is 0 Å². The van der Waals surface area contributed by atoms with E-state index in [2.05, 4.69) is 26.8 Å². The van der Waals surface area contributed by atoms with E-state index in [1.807, 2.05) is 43.3 Å². The Hall–Kier alpha value is -2.89. The quantitative estimate of drug-likeness (QED) is 0.728. The number of nitrogens with zero attached hydrogens (tertiary/aromatic N) is 5. The fourth-order valence-corrected chi connectivity index (χ4v) is 3.34. The minimum atomic E-state index is -0.0139. The molecule has 4 rings (SSSR count). The highest BCUT2D eigenvalue weighted by Gasteiger charge is 2.33. The molecule has 1 aliphatic heterocycles. The van der Waals surface area contributed by atoms with Gasteiger partial charge in [0.1, 0.15) is 5.82 Å². The summed E-state index contributed by atoms with van der Waals surface area (Å²) in [4.78, 5) is 19.5. The van der Waals surface area contributed by atoms with Crippen LogP contribution in [-0.2, 0) is 20.1 Å². The summed E-state index contributed by atoms with van der Waals surface area (Å²) >= 11 is 0. The molecule has 0 fully saturated rings. The molecular weight excluding hydrogens is 302 g/mol. The fourth-order valence-electron chi connectivity index (χ4n) is 3.34. The van der Waals surface area contributed by atoms with E-state index in [4.69, 9.17) is 0 Å². The van der Waals surface area contributed by atoms with Crippen molar-refractivity contribution in [3.63, 3.8) is 0 Å². The Morgan fingerprint density at radius 3 is 2.75 bits per heavy atom. The van der Waals surface area contributed by atoms with Gasteiger partial charge < -0.3 is 9.47 Å². The molecule has 1 atom stereocenters. The zero-order valence-electron chi connectivity index (χ0n) is 13.8. The molecule has 0 saturated carbocycles. The zero-order valence-corrected chi connectivity index (χ0v) is 13.8. The van der Waals surface area contributed by atoms with Crippen LogP contribution < -0.4 is 0 Å². The molecule has 3 aromatic rings. The Bertz CT molecular complexity index is 880. The van der Waals surface area contributed by atoms with Crippen LogP contribution in [0.4, 0.5) is 0 Å². The monoisotopic (exact) mass is 321 g/mol. The average Bonchev–Trinajstić information content (AvgIpc) is 3.19. The molecule has 0 bridgehead atoms. The van der Waals surface area contributed by atoms with Crippen molar-refractivity contribution >= 4 is 5.91 Å². The Morgan fingerprint density at radius 2 is 2.04 bits per heavy atom. The van der Waals surface area contributed by atoms with Crippen molar-refractivity contribution < 1.29 is 4.79 Å². The van der Waals surface area contributed by atoms with Crippen molar-refractivity contribution in [2.24, 2.45) is 7.05 Å². The Kier molecular flexibility index (Phi) is 3.45. The van der Waals surface area contributed by atoms with Crippen molar-refractivity contribution in [1.82, 2.24) is 24.2 Å². The van der Waals surface area contributed by atoms with Crippen molar-refractivity contribution in [2.75, 3.05) is 0 Å². The molecule has 0 aliphatic carbocycles. The first-order chi connectivity index (χ1) is 11.6. The Balaban J connectivity index is 1.75. The summed E-state index contributed by atoms with van der Waals surface area (Å²) in [5.41, 5.74) is 2.54. The first kappa shape index (κ1) is 14.7. The van der Waals surface area contributed by atoms with Gasteiger partial charge in [0.15, 0.2) is 0 Å². The predicted molar refractivity (Wildman–Crippen MR) is 89.2 cm³/mol. The van der Waals surface area contributed by atoms with Gasteiger partial charge in [-0.3, -0.25) is 9.48 Å². The molecule has 2 aromatic heterocycles. The molecule has 1 aliphatic rings. The highest BCUT2D eigenvalue weighted by atomic mass is 16.2. The minimum Gasteiger partial charge on any atom is -0.331 e. The van der Waals surface area contributed by atoms with Crippen LogP contribution in [-0.4, -0.2) is 30.1 Å². The third kappa shape index (κ3) is 2.40. The molecule has 3 heterocycles. The molecule has 0 spiro atoms. The van der Waals surface area contributed by atoms with E-state index >= 15 is 0 Å². The van der Waals surface area contributed by atoms with Gasteiger partial charge in [-0.05, 0) is 12.5 Å². The van der Waals surface area contributed by atoms with Crippen LogP contribution in [0.2, 0.25) is 0 Å². The minimum absolute atomic E-state index is 0.00343. The number of aromatic nitrogens is 4. The number of hydrogen-bond donors (Lipinski definition) is 0.